The van der Waals surface area contributed by atoms with Gasteiger partial charge in [-0.1, -0.05) is 23.7 Å². The fourth-order valence-corrected chi connectivity index (χ4v) is 4.02. The molecule has 0 atom stereocenters. The van der Waals surface area contributed by atoms with Crippen molar-refractivity contribution in [2.24, 2.45) is 0 Å². The molecule has 0 saturated carbocycles. The van der Waals surface area contributed by atoms with E-state index in [0.717, 1.165) is 15.4 Å². The van der Waals surface area contributed by atoms with Crippen LogP contribution in [0.1, 0.15) is 32.2 Å². The normalized spacial score (nSPS) is 11.0. The molecule has 0 spiro atoms. The van der Waals surface area contributed by atoms with Gasteiger partial charge in [0.05, 0.1) is 16.5 Å². The lowest BCUT2D eigenvalue weighted by molar-refractivity contribution is 0.103. The number of alkyl halides is 1. The van der Waals surface area contributed by atoms with Crippen LogP contribution in [0, 0.1) is 13.8 Å². The van der Waals surface area contributed by atoms with Gasteiger partial charge in [0.15, 0.2) is 5.78 Å². The first-order valence-corrected chi connectivity index (χ1v) is 8.75. The van der Waals surface area contributed by atoms with Crippen molar-refractivity contribution in [3.05, 3.63) is 69.1 Å². The SMILES string of the molecule is Cc1sc(-n2ccnc2CCl)c(C(=O)c2ccccc2Cl)c1C. The predicted octanol–water partition coefficient (Wildman–Crippen LogP) is 5.17. The molecule has 23 heavy (non-hydrogen) atoms. The smallest absolute Gasteiger partial charge is 0.197 e. The highest BCUT2D eigenvalue weighted by Gasteiger charge is 2.24. The lowest BCUT2D eigenvalue weighted by Gasteiger charge is -2.09. The van der Waals surface area contributed by atoms with Crippen LogP contribution in [0.15, 0.2) is 36.7 Å². The van der Waals surface area contributed by atoms with E-state index in [4.69, 9.17) is 23.2 Å². The molecule has 2 aromatic heterocycles. The highest BCUT2D eigenvalue weighted by atomic mass is 35.5. The van der Waals surface area contributed by atoms with Crippen LogP contribution in [0.25, 0.3) is 5.00 Å². The lowest BCUT2D eigenvalue weighted by Crippen LogP contribution is -2.08. The molecule has 3 nitrogen and oxygen atoms in total. The molecule has 0 unspecified atom stereocenters. The average Bonchev–Trinajstić information content (AvgIpc) is 3.12. The van der Waals surface area contributed by atoms with Crippen LogP contribution in [0.2, 0.25) is 5.02 Å². The van der Waals surface area contributed by atoms with Gasteiger partial charge in [0.25, 0.3) is 0 Å². The summed E-state index contributed by atoms with van der Waals surface area (Å²) in [6.45, 7) is 3.96. The van der Waals surface area contributed by atoms with Crippen molar-refractivity contribution < 1.29 is 4.79 Å². The number of rotatable bonds is 4. The number of halogens is 2. The Labute approximate surface area is 148 Å². The lowest BCUT2D eigenvalue weighted by atomic mass is 10.0. The minimum Gasteiger partial charge on any atom is -0.293 e. The van der Waals surface area contributed by atoms with E-state index in [1.54, 1.807) is 29.7 Å². The van der Waals surface area contributed by atoms with E-state index in [2.05, 4.69) is 4.98 Å². The van der Waals surface area contributed by atoms with Crippen LogP contribution >= 0.6 is 34.5 Å². The second-order valence-corrected chi connectivity index (χ2v) is 7.00. The van der Waals surface area contributed by atoms with E-state index >= 15 is 0 Å². The van der Waals surface area contributed by atoms with Crippen LogP contribution in [-0.4, -0.2) is 15.3 Å². The highest BCUT2D eigenvalue weighted by Crippen LogP contribution is 2.34. The van der Waals surface area contributed by atoms with Crippen molar-refractivity contribution in [1.82, 2.24) is 9.55 Å². The number of aromatic nitrogens is 2. The standard InChI is InChI=1S/C17H14Cl2N2OS/c1-10-11(2)23-17(21-8-7-20-14(21)9-18)15(10)16(22)12-5-3-4-6-13(12)19/h3-8H,9H2,1-2H3. The largest absolute Gasteiger partial charge is 0.293 e. The van der Waals surface area contributed by atoms with Crippen LogP contribution in [0.5, 0.6) is 0 Å². The van der Waals surface area contributed by atoms with Crippen LogP contribution in [0.4, 0.5) is 0 Å². The number of nitrogens with zero attached hydrogens (tertiary/aromatic N) is 2. The van der Waals surface area contributed by atoms with Gasteiger partial charge in [0.1, 0.15) is 10.8 Å². The third-order valence-electron chi connectivity index (χ3n) is 3.77. The number of hydrogen-bond donors (Lipinski definition) is 0. The number of imidazole rings is 1. The van der Waals surface area contributed by atoms with Gasteiger partial charge in [-0.05, 0) is 31.5 Å². The molecule has 3 aromatic rings. The van der Waals surface area contributed by atoms with Crippen LogP contribution in [0.3, 0.4) is 0 Å². The first-order valence-electron chi connectivity index (χ1n) is 7.02. The van der Waals surface area contributed by atoms with Gasteiger partial charge in [-0.3, -0.25) is 9.36 Å². The summed E-state index contributed by atoms with van der Waals surface area (Å²) in [4.78, 5) is 18.4. The maximum Gasteiger partial charge on any atom is 0.197 e. The summed E-state index contributed by atoms with van der Waals surface area (Å²) < 4.78 is 1.88. The molecule has 0 N–H and O–H groups in total. The number of benzene rings is 1. The van der Waals surface area contributed by atoms with E-state index in [-0.39, 0.29) is 11.7 Å². The quantitative estimate of drug-likeness (QED) is 0.472. The molecule has 0 saturated heterocycles. The Balaban J connectivity index is 2.20. The Morgan fingerprint density at radius 1 is 1.30 bits per heavy atom. The van der Waals surface area contributed by atoms with E-state index in [1.165, 1.54) is 0 Å². The summed E-state index contributed by atoms with van der Waals surface area (Å²) in [5.74, 6) is 0.908. The fraction of sp³-hybridized carbons (Fsp3) is 0.176. The van der Waals surface area contributed by atoms with Crippen molar-refractivity contribution in [1.29, 1.82) is 0 Å². The zero-order valence-corrected chi connectivity index (χ0v) is 15.0. The predicted molar refractivity (Wildman–Crippen MR) is 95.4 cm³/mol. The summed E-state index contributed by atoms with van der Waals surface area (Å²) in [6.07, 6.45) is 3.51. The van der Waals surface area contributed by atoms with Gasteiger partial charge >= 0.3 is 0 Å². The average molecular weight is 365 g/mol. The maximum atomic E-state index is 13.1. The molecule has 0 fully saturated rings. The van der Waals surface area contributed by atoms with Crippen molar-refractivity contribution >= 4 is 40.3 Å². The Morgan fingerprint density at radius 2 is 2.04 bits per heavy atom. The molecule has 2 heterocycles. The number of ketones is 1. The van der Waals surface area contributed by atoms with Gasteiger partial charge < -0.3 is 0 Å². The van der Waals surface area contributed by atoms with Gasteiger partial charge in [0.2, 0.25) is 0 Å². The zero-order valence-electron chi connectivity index (χ0n) is 12.6. The number of carbonyl (C=O) groups is 1. The van der Waals surface area contributed by atoms with E-state index in [9.17, 15) is 4.79 Å². The Hall–Kier alpha value is -1.62. The number of carbonyl (C=O) groups excluding carboxylic acids is 1. The number of thiophene rings is 1. The Morgan fingerprint density at radius 3 is 2.74 bits per heavy atom. The summed E-state index contributed by atoms with van der Waals surface area (Å²) in [7, 11) is 0. The van der Waals surface area contributed by atoms with Crippen LogP contribution in [-0.2, 0) is 5.88 Å². The summed E-state index contributed by atoms with van der Waals surface area (Å²) in [6, 6.07) is 7.10. The van der Waals surface area contributed by atoms with Crippen LogP contribution < -0.4 is 0 Å². The van der Waals surface area contributed by atoms with Crippen molar-refractivity contribution in [2.45, 2.75) is 19.7 Å². The van der Waals surface area contributed by atoms with Gasteiger partial charge in [-0.15, -0.1) is 22.9 Å². The molecular formula is C17H14Cl2N2OS. The number of aryl methyl sites for hydroxylation is 1. The molecule has 118 valence electrons. The molecular weight excluding hydrogens is 351 g/mol. The van der Waals surface area contributed by atoms with Crippen molar-refractivity contribution in [2.75, 3.05) is 0 Å². The molecule has 6 heteroatoms. The highest BCUT2D eigenvalue weighted by molar-refractivity contribution is 7.15. The third kappa shape index (κ3) is 2.82. The Kier molecular flexibility index (Phi) is 4.57. The molecule has 0 radical (unpaired) electrons. The topological polar surface area (TPSA) is 34.9 Å². The van der Waals surface area contributed by atoms with E-state index < -0.39 is 0 Å². The van der Waals surface area contributed by atoms with Crippen molar-refractivity contribution in [3.63, 3.8) is 0 Å². The summed E-state index contributed by atoms with van der Waals surface area (Å²) in [5.41, 5.74) is 2.12. The van der Waals surface area contributed by atoms with Gasteiger partial charge in [0, 0.05) is 22.8 Å². The van der Waals surface area contributed by atoms with Crippen molar-refractivity contribution in [3.8, 4) is 5.00 Å². The third-order valence-corrected chi connectivity index (χ3v) is 5.54. The summed E-state index contributed by atoms with van der Waals surface area (Å²) in [5, 5.41) is 1.29. The maximum absolute atomic E-state index is 13.1. The molecule has 0 amide bonds. The molecule has 0 aliphatic heterocycles. The molecule has 1 aromatic carbocycles. The summed E-state index contributed by atoms with van der Waals surface area (Å²) >= 11 is 13.7. The first-order chi connectivity index (χ1) is 11.0. The first kappa shape index (κ1) is 16.2. The van der Waals surface area contributed by atoms with Gasteiger partial charge in [-0.25, -0.2) is 4.98 Å². The second kappa shape index (κ2) is 6.48. The van der Waals surface area contributed by atoms with E-state index in [1.807, 2.05) is 36.7 Å². The molecule has 0 aliphatic carbocycles. The number of hydrogen-bond acceptors (Lipinski definition) is 3. The molecule has 0 aliphatic rings. The second-order valence-electron chi connectivity index (χ2n) is 5.12. The fourth-order valence-electron chi connectivity index (χ4n) is 2.44. The monoisotopic (exact) mass is 364 g/mol. The minimum absolute atomic E-state index is 0.0818. The Bertz CT molecular complexity index is 883. The minimum atomic E-state index is -0.0818. The molecule has 3 rings (SSSR count). The van der Waals surface area contributed by atoms with E-state index in [0.29, 0.717) is 22.0 Å². The molecule has 0 bridgehead atoms. The zero-order chi connectivity index (χ0) is 16.6. The van der Waals surface area contributed by atoms with Gasteiger partial charge in [-0.2, -0.15) is 0 Å².